The molecule has 2 heterocycles. The van der Waals surface area contributed by atoms with Gasteiger partial charge in [0.1, 0.15) is 11.6 Å². The van der Waals surface area contributed by atoms with Gasteiger partial charge < -0.3 is 20.1 Å². The third kappa shape index (κ3) is 4.07. The van der Waals surface area contributed by atoms with Gasteiger partial charge in [0, 0.05) is 24.2 Å². The zero-order valence-corrected chi connectivity index (χ0v) is 15.8. The summed E-state index contributed by atoms with van der Waals surface area (Å²) in [5.41, 5.74) is 1.66. The second-order valence-electron chi connectivity index (χ2n) is 6.40. The summed E-state index contributed by atoms with van der Waals surface area (Å²) in [6, 6.07) is 13.4. The van der Waals surface area contributed by atoms with E-state index < -0.39 is 0 Å². The Hall–Kier alpha value is -2.57. The van der Waals surface area contributed by atoms with E-state index in [1.165, 1.54) is 0 Å². The van der Waals surface area contributed by atoms with Gasteiger partial charge in [-0.15, -0.1) is 0 Å². The minimum atomic E-state index is 0.232. The van der Waals surface area contributed by atoms with Crippen LogP contribution < -0.4 is 15.4 Å². The van der Waals surface area contributed by atoms with Crippen molar-refractivity contribution in [2.45, 2.75) is 18.9 Å². The van der Waals surface area contributed by atoms with E-state index in [9.17, 15) is 0 Å². The van der Waals surface area contributed by atoms with E-state index in [2.05, 4.69) is 20.6 Å². The van der Waals surface area contributed by atoms with Crippen molar-refractivity contribution in [2.24, 2.45) is 0 Å². The van der Waals surface area contributed by atoms with Crippen LogP contribution in [0, 0.1) is 0 Å². The molecule has 4 rings (SSSR count). The minimum absolute atomic E-state index is 0.232. The summed E-state index contributed by atoms with van der Waals surface area (Å²) >= 11 is 6.21. The van der Waals surface area contributed by atoms with E-state index in [-0.39, 0.29) is 6.10 Å². The van der Waals surface area contributed by atoms with Gasteiger partial charge in [0.05, 0.1) is 23.8 Å². The van der Waals surface area contributed by atoms with Crippen LogP contribution in [-0.4, -0.2) is 36.3 Å². The van der Waals surface area contributed by atoms with Crippen molar-refractivity contribution in [2.75, 3.05) is 30.9 Å². The average Bonchev–Trinajstić information content (AvgIpc) is 3.20. The fourth-order valence-corrected chi connectivity index (χ4v) is 3.41. The summed E-state index contributed by atoms with van der Waals surface area (Å²) < 4.78 is 10.9. The molecule has 0 spiro atoms. The van der Waals surface area contributed by atoms with E-state index in [1.807, 2.05) is 36.4 Å². The summed E-state index contributed by atoms with van der Waals surface area (Å²) in [5, 5.41) is 8.15. The maximum absolute atomic E-state index is 6.21. The van der Waals surface area contributed by atoms with Crippen LogP contribution in [0.2, 0.25) is 5.02 Å². The summed E-state index contributed by atoms with van der Waals surface area (Å²) in [4.78, 5) is 9.28. The van der Waals surface area contributed by atoms with Crippen molar-refractivity contribution in [3.05, 3.63) is 47.5 Å². The average molecular weight is 385 g/mol. The number of halogens is 1. The van der Waals surface area contributed by atoms with Gasteiger partial charge in [-0.05, 0) is 43.2 Å². The van der Waals surface area contributed by atoms with Gasteiger partial charge >= 0.3 is 0 Å². The van der Waals surface area contributed by atoms with Gasteiger partial charge in [-0.1, -0.05) is 23.7 Å². The number of para-hydroxylation sites is 1. The molecule has 1 unspecified atom stereocenters. The van der Waals surface area contributed by atoms with Crippen LogP contribution in [0.15, 0.2) is 42.5 Å². The van der Waals surface area contributed by atoms with Crippen molar-refractivity contribution in [3.8, 4) is 5.75 Å². The molecule has 1 saturated heterocycles. The highest BCUT2D eigenvalue weighted by Crippen LogP contribution is 2.29. The molecule has 0 radical (unpaired) electrons. The molecule has 1 aromatic heterocycles. The molecule has 6 nitrogen and oxygen atoms in total. The largest absolute Gasteiger partial charge is 0.495 e. The molecule has 0 saturated carbocycles. The van der Waals surface area contributed by atoms with Crippen LogP contribution in [-0.2, 0) is 4.74 Å². The van der Waals surface area contributed by atoms with Crippen LogP contribution in [0.5, 0.6) is 5.75 Å². The highest BCUT2D eigenvalue weighted by Gasteiger charge is 2.16. The lowest BCUT2D eigenvalue weighted by Gasteiger charge is -2.15. The first-order valence-corrected chi connectivity index (χ1v) is 9.33. The Kier molecular flexibility index (Phi) is 5.27. The van der Waals surface area contributed by atoms with Crippen molar-refractivity contribution >= 4 is 40.0 Å². The second-order valence-corrected chi connectivity index (χ2v) is 6.81. The number of nitrogens with one attached hydrogen (secondary N) is 2. The molecular weight excluding hydrogens is 364 g/mol. The Balaban J connectivity index is 1.61. The van der Waals surface area contributed by atoms with Gasteiger partial charge in [0.25, 0.3) is 0 Å². The zero-order chi connectivity index (χ0) is 18.6. The predicted octanol–water partition coefficient (Wildman–Crippen LogP) is 4.63. The van der Waals surface area contributed by atoms with E-state index in [0.29, 0.717) is 16.7 Å². The molecule has 0 amide bonds. The molecule has 0 aliphatic carbocycles. The molecule has 27 heavy (non-hydrogen) atoms. The normalized spacial score (nSPS) is 16.4. The fraction of sp³-hybridized carbons (Fsp3) is 0.300. The molecule has 0 bridgehead atoms. The number of hydrogen-bond donors (Lipinski definition) is 2. The summed E-state index contributed by atoms with van der Waals surface area (Å²) in [5.74, 6) is 1.92. The number of methoxy groups -OCH3 is 1. The zero-order valence-electron chi connectivity index (χ0n) is 15.0. The Morgan fingerprint density at radius 2 is 2.11 bits per heavy atom. The van der Waals surface area contributed by atoms with Crippen molar-refractivity contribution in [3.63, 3.8) is 0 Å². The van der Waals surface area contributed by atoms with Crippen molar-refractivity contribution in [1.29, 1.82) is 0 Å². The SMILES string of the molecule is COc1ccc(Nc2nc(NCC3CCCO3)c3ccccc3n2)cc1Cl. The Morgan fingerprint density at radius 3 is 2.89 bits per heavy atom. The first kappa shape index (κ1) is 17.8. The number of rotatable bonds is 6. The number of fused-ring (bicyclic) bond motifs is 1. The highest BCUT2D eigenvalue weighted by molar-refractivity contribution is 6.32. The minimum Gasteiger partial charge on any atom is -0.495 e. The summed E-state index contributed by atoms with van der Waals surface area (Å²) in [7, 11) is 1.59. The van der Waals surface area contributed by atoms with Gasteiger partial charge in [-0.2, -0.15) is 4.98 Å². The van der Waals surface area contributed by atoms with Crippen LogP contribution in [0.4, 0.5) is 17.5 Å². The van der Waals surface area contributed by atoms with Crippen LogP contribution in [0.25, 0.3) is 10.9 Å². The maximum atomic E-state index is 6.21. The number of hydrogen-bond acceptors (Lipinski definition) is 6. The topological polar surface area (TPSA) is 68.3 Å². The van der Waals surface area contributed by atoms with Crippen LogP contribution in [0.1, 0.15) is 12.8 Å². The number of benzene rings is 2. The molecule has 3 aromatic rings. The Bertz CT molecular complexity index is 944. The number of nitrogens with zero attached hydrogens (tertiary/aromatic N) is 2. The molecule has 140 valence electrons. The Morgan fingerprint density at radius 1 is 1.22 bits per heavy atom. The lowest BCUT2D eigenvalue weighted by Crippen LogP contribution is -2.19. The third-order valence-electron chi connectivity index (χ3n) is 4.53. The quantitative estimate of drug-likeness (QED) is 0.646. The summed E-state index contributed by atoms with van der Waals surface area (Å²) in [6.45, 7) is 1.57. The monoisotopic (exact) mass is 384 g/mol. The molecule has 1 aliphatic rings. The number of aromatic nitrogens is 2. The van der Waals surface area contributed by atoms with Gasteiger partial charge in [0.2, 0.25) is 5.95 Å². The van der Waals surface area contributed by atoms with Crippen molar-refractivity contribution < 1.29 is 9.47 Å². The lowest BCUT2D eigenvalue weighted by molar-refractivity contribution is 0.120. The second kappa shape index (κ2) is 7.98. The molecule has 7 heteroatoms. The maximum Gasteiger partial charge on any atom is 0.229 e. The number of anilines is 3. The van der Waals surface area contributed by atoms with E-state index >= 15 is 0 Å². The van der Waals surface area contributed by atoms with E-state index in [0.717, 1.165) is 48.4 Å². The first-order chi connectivity index (χ1) is 13.2. The van der Waals surface area contributed by atoms with E-state index in [1.54, 1.807) is 13.2 Å². The smallest absolute Gasteiger partial charge is 0.229 e. The molecule has 1 fully saturated rings. The Labute approximate surface area is 162 Å². The third-order valence-corrected chi connectivity index (χ3v) is 4.83. The van der Waals surface area contributed by atoms with Gasteiger partial charge in [0.15, 0.2) is 0 Å². The molecular formula is C20H21ClN4O2. The molecule has 1 aliphatic heterocycles. The molecule has 1 atom stereocenters. The number of ether oxygens (including phenoxy) is 2. The predicted molar refractivity (Wildman–Crippen MR) is 108 cm³/mol. The van der Waals surface area contributed by atoms with E-state index in [4.69, 9.17) is 21.1 Å². The van der Waals surface area contributed by atoms with Crippen LogP contribution in [0.3, 0.4) is 0 Å². The van der Waals surface area contributed by atoms with Gasteiger partial charge in [-0.3, -0.25) is 0 Å². The lowest BCUT2D eigenvalue weighted by atomic mass is 10.2. The summed E-state index contributed by atoms with van der Waals surface area (Å²) in [6.07, 6.45) is 2.42. The van der Waals surface area contributed by atoms with Crippen LogP contribution >= 0.6 is 11.6 Å². The standard InChI is InChI=1S/C20H21ClN4O2/c1-26-18-9-8-13(11-16(18)21)23-20-24-17-7-3-2-6-15(17)19(25-20)22-12-14-5-4-10-27-14/h2-3,6-9,11,14H,4-5,10,12H2,1H3,(H2,22,23,24,25). The molecule has 2 N–H and O–H groups in total. The molecule has 2 aromatic carbocycles. The highest BCUT2D eigenvalue weighted by atomic mass is 35.5. The van der Waals surface area contributed by atoms with Gasteiger partial charge in [-0.25, -0.2) is 4.98 Å². The fourth-order valence-electron chi connectivity index (χ4n) is 3.16. The first-order valence-electron chi connectivity index (χ1n) is 8.96. The van der Waals surface area contributed by atoms with Crippen molar-refractivity contribution in [1.82, 2.24) is 9.97 Å².